The summed E-state index contributed by atoms with van der Waals surface area (Å²) in [6.45, 7) is 4.08. The standard InChI is InChI=1S/C14H21FO7/c1-4-7(16)10(19)11-13(20,8(17)5-2)12(15)14(21,22-11)9(18)6-3/h10-12,19-21H,4-6H2,1-3H3/t10?,11-,12+,13-,14+/m1/s1. The minimum atomic E-state index is -3.08. The van der Waals surface area contributed by atoms with E-state index >= 15 is 0 Å². The lowest BCUT2D eigenvalue weighted by Crippen LogP contribution is -2.59. The molecule has 0 aromatic heterocycles. The zero-order valence-electron chi connectivity index (χ0n) is 12.7. The van der Waals surface area contributed by atoms with Gasteiger partial charge in [0.15, 0.2) is 29.1 Å². The van der Waals surface area contributed by atoms with E-state index in [0.717, 1.165) is 0 Å². The normalized spacial score (nSPS) is 36.1. The number of hydrogen-bond donors (Lipinski definition) is 3. The maximum Gasteiger partial charge on any atom is 0.262 e. The summed E-state index contributed by atoms with van der Waals surface area (Å²) in [6, 6.07) is 0. The van der Waals surface area contributed by atoms with Crippen molar-refractivity contribution in [2.24, 2.45) is 0 Å². The van der Waals surface area contributed by atoms with E-state index in [1.165, 1.54) is 20.8 Å². The minimum absolute atomic E-state index is 0.158. The van der Waals surface area contributed by atoms with Gasteiger partial charge in [-0.05, 0) is 0 Å². The lowest BCUT2D eigenvalue weighted by atomic mass is 9.81. The number of halogens is 1. The number of ether oxygens (including phenoxy) is 1. The van der Waals surface area contributed by atoms with E-state index in [9.17, 15) is 34.1 Å². The predicted octanol–water partition coefficient (Wildman–Crippen LogP) is -0.559. The molecule has 1 aliphatic heterocycles. The van der Waals surface area contributed by atoms with Crippen LogP contribution in [0.25, 0.3) is 0 Å². The van der Waals surface area contributed by atoms with Crippen molar-refractivity contribution in [1.82, 2.24) is 0 Å². The van der Waals surface area contributed by atoms with Gasteiger partial charge in [0.2, 0.25) is 0 Å². The Morgan fingerprint density at radius 3 is 2.00 bits per heavy atom. The van der Waals surface area contributed by atoms with Gasteiger partial charge in [-0.2, -0.15) is 0 Å². The first-order valence-corrected chi connectivity index (χ1v) is 7.15. The molecular formula is C14H21FO7. The van der Waals surface area contributed by atoms with Gasteiger partial charge in [0.05, 0.1) is 0 Å². The van der Waals surface area contributed by atoms with Crippen LogP contribution in [0.1, 0.15) is 40.0 Å². The highest BCUT2D eigenvalue weighted by atomic mass is 19.1. The van der Waals surface area contributed by atoms with E-state index in [4.69, 9.17) is 4.74 Å². The Morgan fingerprint density at radius 1 is 1.09 bits per heavy atom. The summed E-state index contributed by atoms with van der Waals surface area (Å²) >= 11 is 0. The molecule has 22 heavy (non-hydrogen) atoms. The molecule has 0 spiro atoms. The number of ketones is 3. The maximum absolute atomic E-state index is 14.6. The van der Waals surface area contributed by atoms with Gasteiger partial charge in [0, 0.05) is 19.3 Å². The fourth-order valence-corrected chi connectivity index (χ4v) is 2.51. The van der Waals surface area contributed by atoms with Crippen LogP contribution >= 0.6 is 0 Å². The van der Waals surface area contributed by atoms with Gasteiger partial charge in [-0.3, -0.25) is 14.4 Å². The molecule has 5 atom stereocenters. The van der Waals surface area contributed by atoms with Crippen LogP contribution in [0.4, 0.5) is 4.39 Å². The summed E-state index contributed by atoms with van der Waals surface area (Å²) in [6.07, 6.45) is -7.71. The average molecular weight is 320 g/mol. The Bertz CT molecular complexity index is 480. The lowest BCUT2D eigenvalue weighted by molar-refractivity contribution is -0.220. The molecule has 7 nitrogen and oxygen atoms in total. The molecule has 8 heteroatoms. The third-order valence-electron chi connectivity index (χ3n) is 3.92. The van der Waals surface area contributed by atoms with Gasteiger partial charge in [-0.25, -0.2) is 4.39 Å². The van der Waals surface area contributed by atoms with Crippen LogP contribution in [0.3, 0.4) is 0 Å². The molecule has 1 rings (SSSR count). The number of hydrogen-bond acceptors (Lipinski definition) is 7. The molecular weight excluding hydrogens is 299 g/mol. The average Bonchev–Trinajstić information content (AvgIpc) is 2.74. The highest BCUT2D eigenvalue weighted by Crippen LogP contribution is 2.43. The quantitative estimate of drug-likeness (QED) is 0.575. The number of carbonyl (C=O) groups excluding carboxylic acids is 3. The molecule has 3 N–H and O–H groups in total. The van der Waals surface area contributed by atoms with E-state index in [1.54, 1.807) is 0 Å². The summed E-state index contributed by atoms with van der Waals surface area (Å²) in [5.41, 5.74) is -2.97. The second-order valence-electron chi connectivity index (χ2n) is 5.24. The smallest absolute Gasteiger partial charge is 0.262 e. The van der Waals surface area contributed by atoms with Crippen molar-refractivity contribution >= 4 is 17.3 Å². The van der Waals surface area contributed by atoms with Crippen molar-refractivity contribution in [3.05, 3.63) is 0 Å². The van der Waals surface area contributed by atoms with Crippen LogP contribution in [0.2, 0.25) is 0 Å². The highest BCUT2D eigenvalue weighted by molar-refractivity contribution is 5.95. The first kappa shape index (κ1) is 18.8. The number of aliphatic hydroxyl groups is 3. The maximum atomic E-state index is 14.6. The molecule has 1 heterocycles. The molecule has 1 fully saturated rings. The van der Waals surface area contributed by atoms with Crippen molar-refractivity contribution in [3.8, 4) is 0 Å². The van der Waals surface area contributed by atoms with Crippen LogP contribution in [-0.4, -0.2) is 62.4 Å². The van der Waals surface area contributed by atoms with Crippen molar-refractivity contribution in [2.45, 2.75) is 69.8 Å². The number of rotatable bonds is 7. The number of carbonyl (C=O) groups is 3. The highest BCUT2D eigenvalue weighted by Gasteiger charge is 2.71. The molecule has 126 valence electrons. The lowest BCUT2D eigenvalue weighted by Gasteiger charge is -2.30. The fraction of sp³-hybridized carbons (Fsp3) is 0.786. The monoisotopic (exact) mass is 320 g/mol. The predicted molar refractivity (Wildman–Crippen MR) is 71.6 cm³/mol. The van der Waals surface area contributed by atoms with Crippen LogP contribution in [-0.2, 0) is 19.1 Å². The SMILES string of the molecule is CCC(=O)C(O)[C@H]1O[C@@](O)(C(=O)CC)[C@@H](F)[C@@]1(O)C(=O)CC. The first-order valence-electron chi connectivity index (χ1n) is 7.15. The Kier molecular flexibility index (Phi) is 5.56. The number of aliphatic hydroxyl groups excluding tert-OH is 1. The van der Waals surface area contributed by atoms with Gasteiger partial charge >= 0.3 is 0 Å². The zero-order valence-corrected chi connectivity index (χ0v) is 12.7. The molecule has 0 aromatic rings. The largest absolute Gasteiger partial charge is 0.382 e. The Hall–Kier alpha value is -1.22. The second-order valence-corrected chi connectivity index (χ2v) is 5.24. The zero-order chi connectivity index (χ0) is 17.3. The molecule has 0 amide bonds. The van der Waals surface area contributed by atoms with Crippen molar-refractivity contribution in [2.75, 3.05) is 0 Å². The topological polar surface area (TPSA) is 121 Å². The van der Waals surface area contributed by atoms with Gasteiger partial charge in [-0.15, -0.1) is 0 Å². The fourth-order valence-electron chi connectivity index (χ4n) is 2.51. The number of Topliss-reactive ketones (excluding diaryl/α,β-unsaturated/α-hetero) is 3. The first-order chi connectivity index (χ1) is 10.1. The van der Waals surface area contributed by atoms with Crippen LogP contribution in [0.15, 0.2) is 0 Å². The van der Waals surface area contributed by atoms with E-state index in [1.807, 2.05) is 0 Å². The van der Waals surface area contributed by atoms with E-state index in [-0.39, 0.29) is 19.3 Å². The Balaban J connectivity index is 3.37. The van der Waals surface area contributed by atoms with Gasteiger partial charge in [-0.1, -0.05) is 20.8 Å². The molecule has 0 aromatic carbocycles. The molecule has 1 saturated heterocycles. The van der Waals surface area contributed by atoms with Crippen molar-refractivity contribution < 1.29 is 38.8 Å². The Labute approximate surface area is 127 Å². The minimum Gasteiger partial charge on any atom is -0.382 e. The summed E-state index contributed by atoms with van der Waals surface area (Å²) in [5.74, 6) is -6.06. The molecule has 1 aliphatic rings. The number of alkyl halides is 1. The molecule has 1 unspecified atom stereocenters. The van der Waals surface area contributed by atoms with Crippen LogP contribution in [0, 0.1) is 0 Å². The molecule has 0 bridgehead atoms. The van der Waals surface area contributed by atoms with Crippen LogP contribution in [0.5, 0.6) is 0 Å². The summed E-state index contributed by atoms with van der Waals surface area (Å²) in [5, 5.41) is 30.4. The van der Waals surface area contributed by atoms with E-state index in [2.05, 4.69) is 0 Å². The Morgan fingerprint density at radius 2 is 1.59 bits per heavy atom. The van der Waals surface area contributed by atoms with Crippen LogP contribution < -0.4 is 0 Å². The molecule has 0 radical (unpaired) electrons. The van der Waals surface area contributed by atoms with Crippen molar-refractivity contribution in [1.29, 1.82) is 0 Å². The summed E-state index contributed by atoms with van der Waals surface area (Å²) in [4.78, 5) is 35.3. The summed E-state index contributed by atoms with van der Waals surface area (Å²) in [7, 11) is 0. The van der Waals surface area contributed by atoms with Crippen molar-refractivity contribution in [3.63, 3.8) is 0 Å². The van der Waals surface area contributed by atoms with E-state index in [0.29, 0.717) is 0 Å². The van der Waals surface area contributed by atoms with Gasteiger partial charge in [0.1, 0.15) is 12.2 Å². The molecule has 0 saturated carbocycles. The van der Waals surface area contributed by atoms with E-state index < -0.39 is 47.1 Å². The van der Waals surface area contributed by atoms with Gasteiger partial charge < -0.3 is 20.1 Å². The second kappa shape index (κ2) is 6.49. The van der Waals surface area contributed by atoms with Gasteiger partial charge in [0.25, 0.3) is 5.79 Å². The third kappa shape index (κ3) is 2.60. The summed E-state index contributed by atoms with van der Waals surface area (Å²) < 4.78 is 19.4. The third-order valence-corrected chi connectivity index (χ3v) is 3.92. The molecule has 0 aliphatic carbocycles.